The van der Waals surface area contributed by atoms with Crippen molar-refractivity contribution in [1.29, 1.82) is 0 Å². The van der Waals surface area contributed by atoms with Gasteiger partial charge >= 0.3 is 5.76 Å². The number of halogens is 1. The van der Waals surface area contributed by atoms with Gasteiger partial charge in [0, 0.05) is 10.6 Å². The summed E-state index contributed by atoms with van der Waals surface area (Å²) in [4.78, 5) is 25.9. The third-order valence-electron chi connectivity index (χ3n) is 3.09. The van der Waals surface area contributed by atoms with Crippen LogP contribution in [0.2, 0.25) is 5.02 Å². The molecule has 0 fully saturated rings. The number of ether oxygens (including phenoxy) is 1. The van der Waals surface area contributed by atoms with Crippen molar-refractivity contribution in [3.63, 3.8) is 0 Å². The number of fused-ring (bicyclic) bond motifs is 1. The lowest BCUT2D eigenvalue weighted by molar-refractivity contribution is 0.102. The van der Waals surface area contributed by atoms with E-state index in [2.05, 4.69) is 10.3 Å². The third-order valence-corrected chi connectivity index (χ3v) is 3.33. The first-order valence-electron chi connectivity index (χ1n) is 6.34. The van der Waals surface area contributed by atoms with Crippen molar-refractivity contribution in [2.24, 2.45) is 0 Å². The first-order chi connectivity index (χ1) is 10.6. The van der Waals surface area contributed by atoms with E-state index in [-0.39, 0.29) is 5.91 Å². The number of aromatic nitrogens is 1. The molecule has 3 rings (SSSR count). The number of carbonyl (C=O) groups excluding carboxylic acids is 1. The standard InChI is InChI=1S/C15H11ClN2O4/c1-21-12-5-3-9(16)7-11(12)17-14(19)8-2-4-10-13(6-8)22-15(20)18-10/h2-7H,1H3,(H,17,19)(H,18,20). The second-order valence-corrected chi connectivity index (χ2v) is 4.96. The predicted octanol–water partition coefficient (Wildman–Crippen LogP) is 3.04. The minimum absolute atomic E-state index is 0.315. The Labute approximate surface area is 129 Å². The smallest absolute Gasteiger partial charge is 0.417 e. The van der Waals surface area contributed by atoms with Crippen LogP contribution in [0.5, 0.6) is 5.75 Å². The Hall–Kier alpha value is -2.73. The minimum atomic E-state index is -0.566. The van der Waals surface area contributed by atoms with Crippen LogP contribution >= 0.6 is 11.6 Å². The summed E-state index contributed by atoms with van der Waals surface area (Å²) < 4.78 is 10.1. The number of rotatable bonds is 3. The summed E-state index contributed by atoms with van der Waals surface area (Å²) in [5.41, 5.74) is 1.64. The van der Waals surface area contributed by atoms with Gasteiger partial charge in [-0.25, -0.2) is 4.79 Å². The summed E-state index contributed by atoms with van der Waals surface area (Å²) >= 11 is 5.92. The number of oxazole rings is 1. The van der Waals surface area contributed by atoms with Gasteiger partial charge in [-0.2, -0.15) is 0 Å². The predicted molar refractivity (Wildman–Crippen MR) is 82.8 cm³/mol. The Morgan fingerprint density at radius 1 is 1.27 bits per heavy atom. The molecule has 0 aliphatic heterocycles. The zero-order valence-electron chi connectivity index (χ0n) is 11.5. The van der Waals surface area contributed by atoms with E-state index >= 15 is 0 Å². The summed E-state index contributed by atoms with van der Waals surface area (Å²) in [5.74, 6) is -0.442. The molecule has 6 nitrogen and oxygen atoms in total. The van der Waals surface area contributed by atoms with Gasteiger partial charge in [-0.1, -0.05) is 11.6 Å². The highest BCUT2D eigenvalue weighted by molar-refractivity contribution is 6.31. The van der Waals surface area contributed by atoms with E-state index in [0.29, 0.717) is 33.1 Å². The number of nitrogens with one attached hydrogen (secondary N) is 2. The molecule has 0 unspecified atom stereocenters. The normalized spacial score (nSPS) is 10.6. The summed E-state index contributed by atoms with van der Waals surface area (Å²) in [7, 11) is 1.50. The van der Waals surface area contributed by atoms with Crippen molar-refractivity contribution in [1.82, 2.24) is 4.98 Å². The number of amides is 1. The van der Waals surface area contributed by atoms with E-state index in [1.54, 1.807) is 30.3 Å². The maximum atomic E-state index is 12.3. The second-order valence-electron chi connectivity index (χ2n) is 4.52. The molecule has 0 aliphatic carbocycles. The lowest BCUT2D eigenvalue weighted by atomic mass is 10.2. The van der Waals surface area contributed by atoms with Gasteiger partial charge in [-0.15, -0.1) is 0 Å². The molecule has 3 aromatic rings. The van der Waals surface area contributed by atoms with Crippen molar-refractivity contribution in [3.8, 4) is 5.75 Å². The minimum Gasteiger partial charge on any atom is -0.495 e. The maximum Gasteiger partial charge on any atom is 0.417 e. The van der Waals surface area contributed by atoms with Crippen molar-refractivity contribution < 1.29 is 13.9 Å². The van der Waals surface area contributed by atoms with Crippen LogP contribution in [0.3, 0.4) is 0 Å². The SMILES string of the molecule is COc1ccc(Cl)cc1NC(=O)c1ccc2[nH]c(=O)oc2c1. The van der Waals surface area contributed by atoms with Crippen LogP contribution in [0.1, 0.15) is 10.4 Å². The number of hydrogen-bond acceptors (Lipinski definition) is 4. The van der Waals surface area contributed by atoms with Crippen LogP contribution in [0.4, 0.5) is 5.69 Å². The molecule has 0 saturated heterocycles. The van der Waals surface area contributed by atoms with E-state index in [1.165, 1.54) is 13.2 Å². The lowest BCUT2D eigenvalue weighted by Crippen LogP contribution is -2.12. The lowest BCUT2D eigenvalue weighted by Gasteiger charge is -2.10. The molecule has 0 aliphatic rings. The van der Waals surface area contributed by atoms with Crippen LogP contribution in [0.25, 0.3) is 11.1 Å². The number of hydrogen-bond donors (Lipinski definition) is 2. The second kappa shape index (κ2) is 5.57. The number of anilines is 1. The fourth-order valence-electron chi connectivity index (χ4n) is 2.06. The molecule has 22 heavy (non-hydrogen) atoms. The Morgan fingerprint density at radius 2 is 2.09 bits per heavy atom. The van der Waals surface area contributed by atoms with Crippen molar-refractivity contribution in [3.05, 3.63) is 57.5 Å². The van der Waals surface area contributed by atoms with Gasteiger partial charge in [0.25, 0.3) is 5.91 Å². The van der Waals surface area contributed by atoms with Crippen molar-refractivity contribution in [2.75, 3.05) is 12.4 Å². The molecular weight excluding hydrogens is 308 g/mol. The molecule has 2 aromatic carbocycles. The van der Waals surface area contributed by atoms with Crippen LogP contribution in [-0.4, -0.2) is 18.0 Å². The number of H-pyrrole nitrogens is 1. The van der Waals surface area contributed by atoms with Gasteiger partial charge < -0.3 is 14.5 Å². The topological polar surface area (TPSA) is 84.3 Å². The molecular formula is C15H11ClN2O4. The van der Waals surface area contributed by atoms with Crippen molar-refractivity contribution in [2.45, 2.75) is 0 Å². The van der Waals surface area contributed by atoms with E-state index < -0.39 is 5.76 Å². The van der Waals surface area contributed by atoms with Gasteiger partial charge in [0.05, 0.1) is 18.3 Å². The highest BCUT2D eigenvalue weighted by Crippen LogP contribution is 2.28. The molecule has 1 heterocycles. The molecule has 1 aromatic heterocycles. The van der Waals surface area contributed by atoms with Crippen LogP contribution in [0, 0.1) is 0 Å². The molecule has 112 valence electrons. The summed E-state index contributed by atoms with van der Waals surface area (Å²) in [6.45, 7) is 0. The molecule has 1 amide bonds. The van der Waals surface area contributed by atoms with E-state index in [9.17, 15) is 9.59 Å². The largest absolute Gasteiger partial charge is 0.495 e. The zero-order valence-corrected chi connectivity index (χ0v) is 12.2. The number of aromatic amines is 1. The first kappa shape index (κ1) is 14.2. The fourth-order valence-corrected chi connectivity index (χ4v) is 2.23. The molecule has 2 N–H and O–H groups in total. The monoisotopic (exact) mass is 318 g/mol. The summed E-state index contributed by atoms with van der Waals surface area (Å²) in [5, 5.41) is 3.19. The Bertz CT molecular complexity index is 913. The Morgan fingerprint density at radius 3 is 2.86 bits per heavy atom. The van der Waals surface area contributed by atoms with Crippen LogP contribution in [0.15, 0.2) is 45.6 Å². The summed E-state index contributed by atoms with van der Waals surface area (Å²) in [6.07, 6.45) is 0. The maximum absolute atomic E-state index is 12.3. The molecule has 0 atom stereocenters. The highest BCUT2D eigenvalue weighted by Gasteiger charge is 2.12. The Balaban J connectivity index is 1.92. The van der Waals surface area contributed by atoms with Gasteiger partial charge in [-0.3, -0.25) is 9.78 Å². The number of benzene rings is 2. The fraction of sp³-hybridized carbons (Fsp3) is 0.0667. The van der Waals surface area contributed by atoms with Crippen LogP contribution in [-0.2, 0) is 0 Å². The third kappa shape index (κ3) is 2.68. The van der Waals surface area contributed by atoms with Crippen molar-refractivity contribution >= 4 is 34.3 Å². The van der Waals surface area contributed by atoms with E-state index in [1.807, 2.05) is 0 Å². The van der Waals surface area contributed by atoms with Crippen LogP contribution < -0.4 is 15.8 Å². The molecule has 7 heteroatoms. The number of methoxy groups -OCH3 is 1. The molecule has 0 bridgehead atoms. The quantitative estimate of drug-likeness (QED) is 0.777. The Kier molecular flexibility index (Phi) is 3.60. The number of carbonyl (C=O) groups is 1. The first-order valence-corrected chi connectivity index (χ1v) is 6.72. The highest BCUT2D eigenvalue weighted by atomic mass is 35.5. The van der Waals surface area contributed by atoms with Gasteiger partial charge in [-0.05, 0) is 36.4 Å². The van der Waals surface area contributed by atoms with E-state index in [0.717, 1.165) is 0 Å². The average molecular weight is 319 g/mol. The van der Waals surface area contributed by atoms with E-state index in [4.69, 9.17) is 20.8 Å². The zero-order chi connectivity index (χ0) is 15.7. The summed E-state index contributed by atoms with van der Waals surface area (Å²) in [6, 6.07) is 9.58. The van der Waals surface area contributed by atoms with Gasteiger partial charge in [0.2, 0.25) is 0 Å². The average Bonchev–Trinajstić information content (AvgIpc) is 2.86. The van der Waals surface area contributed by atoms with Gasteiger partial charge in [0.15, 0.2) is 5.58 Å². The molecule has 0 saturated carbocycles. The molecule has 0 spiro atoms. The molecule has 0 radical (unpaired) electrons. The van der Waals surface area contributed by atoms with Gasteiger partial charge in [0.1, 0.15) is 5.75 Å².